The number of methoxy groups -OCH3 is 1. The van der Waals surface area contributed by atoms with Gasteiger partial charge in [-0.1, -0.05) is 18.2 Å². The molecule has 0 atom stereocenters. The Balaban J connectivity index is 1.75. The molecule has 3 rings (SSSR count). The van der Waals surface area contributed by atoms with Crippen LogP contribution in [0, 0.1) is 0 Å². The van der Waals surface area contributed by atoms with Gasteiger partial charge in [-0.05, 0) is 42.0 Å². The number of para-hydroxylation sites is 1. The van der Waals surface area contributed by atoms with Crippen molar-refractivity contribution in [2.45, 2.75) is 11.4 Å². The lowest BCUT2D eigenvalue weighted by molar-refractivity contribution is 0.0600. The predicted molar refractivity (Wildman–Crippen MR) is 93.6 cm³/mol. The minimum absolute atomic E-state index is 0.0777. The van der Waals surface area contributed by atoms with E-state index in [-0.39, 0.29) is 11.4 Å². The fraction of sp³-hybridized carbons (Fsp3) is 0.111. The number of fused-ring (bicyclic) bond motifs is 1. The third-order valence-electron chi connectivity index (χ3n) is 3.70. The highest BCUT2D eigenvalue weighted by molar-refractivity contribution is 7.89. The number of carbonyl (C=O) groups is 1. The highest BCUT2D eigenvalue weighted by atomic mass is 32.2. The molecule has 3 aromatic rings. The van der Waals surface area contributed by atoms with Crippen LogP contribution in [-0.2, 0) is 21.3 Å². The maximum absolute atomic E-state index is 12.4. The number of pyridine rings is 1. The van der Waals surface area contributed by atoms with Crippen LogP contribution < -0.4 is 4.72 Å². The molecule has 0 radical (unpaired) electrons. The summed E-state index contributed by atoms with van der Waals surface area (Å²) in [5, 5.41) is 0.946. The Morgan fingerprint density at radius 1 is 1.12 bits per heavy atom. The number of esters is 1. The van der Waals surface area contributed by atoms with Crippen LogP contribution in [0.25, 0.3) is 10.9 Å². The van der Waals surface area contributed by atoms with Crippen molar-refractivity contribution in [3.05, 3.63) is 71.9 Å². The normalized spacial score (nSPS) is 11.4. The maximum Gasteiger partial charge on any atom is 0.337 e. The summed E-state index contributed by atoms with van der Waals surface area (Å²) in [6.45, 7) is 0.124. The number of rotatable bonds is 5. The second kappa shape index (κ2) is 7.00. The zero-order chi connectivity index (χ0) is 17.9. The largest absolute Gasteiger partial charge is 0.465 e. The van der Waals surface area contributed by atoms with E-state index in [0.29, 0.717) is 5.56 Å². The summed E-state index contributed by atoms with van der Waals surface area (Å²) in [7, 11) is -2.42. The van der Waals surface area contributed by atoms with Gasteiger partial charge < -0.3 is 4.74 Å². The highest BCUT2D eigenvalue weighted by Crippen LogP contribution is 2.15. The van der Waals surface area contributed by atoms with E-state index in [9.17, 15) is 13.2 Å². The van der Waals surface area contributed by atoms with Gasteiger partial charge in [0.1, 0.15) is 0 Å². The third kappa shape index (κ3) is 3.84. The summed E-state index contributed by atoms with van der Waals surface area (Å²) in [6, 6.07) is 15.1. The Morgan fingerprint density at radius 2 is 1.84 bits per heavy atom. The molecule has 0 spiro atoms. The molecule has 0 aliphatic carbocycles. The molecule has 7 heteroatoms. The Hall–Kier alpha value is -2.77. The first-order valence-corrected chi connectivity index (χ1v) is 8.99. The number of nitrogens with one attached hydrogen (secondary N) is 1. The first kappa shape index (κ1) is 17.1. The van der Waals surface area contributed by atoms with Gasteiger partial charge in [0.2, 0.25) is 10.0 Å². The van der Waals surface area contributed by atoms with Crippen LogP contribution in [0.4, 0.5) is 0 Å². The molecule has 1 aromatic heterocycles. The first-order chi connectivity index (χ1) is 12.0. The summed E-state index contributed by atoms with van der Waals surface area (Å²) in [4.78, 5) is 15.8. The molecule has 0 aliphatic rings. The van der Waals surface area contributed by atoms with E-state index < -0.39 is 16.0 Å². The van der Waals surface area contributed by atoms with Crippen LogP contribution in [0.3, 0.4) is 0 Å². The minimum Gasteiger partial charge on any atom is -0.465 e. The monoisotopic (exact) mass is 356 g/mol. The van der Waals surface area contributed by atoms with Gasteiger partial charge in [0.25, 0.3) is 0 Å². The van der Waals surface area contributed by atoms with Crippen LogP contribution in [-0.4, -0.2) is 26.5 Å². The van der Waals surface area contributed by atoms with Crippen molar-refractivity contribution >= 4 is 26.9 Å². The Labute approximate surface area is 145 Å². The van der Waals surface area contributed by atoms with Gasteiger partial charge in [-0.3, -0.25) is 4.98 Å². The number of aromatic nitrogens is 1. The van der Waals surface area contributed by atoms with E-state index in [4.69, 9.17) is 0 Å². The second-order valence-corrected chi connectivity index (χ2v) is 7.14. The van der Waals surface area contributed by atoms with Gasteiger partial charge in [0.15, 0.2) is 0 Å². The number of benzene rings is 2. The van der Waals surface area contributed by atoms with Gasteiger partial charge in [-0.25, -0.2) is 17.9 Å². The number of ether oxygens (including phenoxy) is 1. The van der Waals surface area contributed by atoms with Crippen LogP contribution in [0.15, 0.2) is 65.7 Å². The molecule has 0 saturated carbocycles. The molecule has 6 nitrogen and oxygen atoms in total. The fourth-order valence-electron chi connectivity index (χ4n) is 2.36. The minimum atomic E-state index is -3.69. The van der Waals surface area contributed by atoms with Crippen LogP contribution in [0.5, 0.6) is 0 Å². The van der Waals surface area contributed by atoms with Crippen LogP contribution >= 0.6 is 0 Å². The van der Waals surface area contributed by atoms with Crippen molar-refractivity contribution in [3.8, 4) is 0 Å². The smallest absolute Gasteiger partial charge is 0.337 e. The van der Waals surface area contributed by atoms with Crippen molar-refractivity contribution in [2.24, 2.45) is 0 Å². The lowest BCUT2D eigenvalue weighted by atomic mass is 10.2. The van der Waals surface area contributed by atoms with E-state index in [1.807, 2.05) is 30.3 Å². The number of hydrogen-bond donors (Lipinski definition) is 1. The molecule has 0 saturated heterocycles. The van der Waals surface area contributed by atoms with E-state index in [2.05, 4.69) is 14.4 Å². The molecule has 0 fully saturated rings. The lowest BCUT2D eigenvalue weighted by Gasteiger charge is -2.08. The lowest BCUT2D eigenvalue weighted by Crippen LogP contribution is -2.23. The first-order valence-electron chi connectivity index (χ1n) is 7.51. The van der Waals surface area contributed by atoms with E-state index >= 15 is 0 Å². The Kier molecular flexibility index (Phi) is 4.78. The standard InChI is InChI=1S/C18H16N2O4S/c1-24-18(21)14-6-8-16(9-7-14)25(22,23)20-12-13-10-15-4-2-3-5-17(15)19-11-13/h2-11,20H,12H2,1H3. The summed E-state index contributed by atoms with van der Waals surface area (Å²) in [5.74, 6) is -0.515. The molecular formula is C18H16N2O4S. The predicted octanol–water partition coefficient (Wildman–Crippen LogP) is 2.50. The summed E-state index contributed by atoms with van der Waals surface area (Å²) < 4.78 is 31.9. The molecule has 0 unspecified atom stereocenters. The molecule has 1 heterocycles. The van der Waals surface area contributed by atoms with Crippen molar-refractivity contribution in [1.82, 2.24) is 9.71 Å². The van der Waals surface area contributed by atoms with Gasteiger partial charge in [-0.2, -0.15) is 0 Å². The quantitative estimate of drug-likeness (QED) is 0.710. The molecule has 1 N–H and O–H groups in total. The third-order valence-corrected chi connectivity index (χ3v) is 5.12. The summed E-state index contributed by atoms with van der Waals surface area (Å²) in [6.07, 6.45) is 1.64. The Bertz CT molecular complexity index is 1010. The van der Waals surface area contributed by atoms with Crippen LogP contribution in [0.1, 0.15) is 15.9 Å². The zero-order valence-corrected chi connectivity index (χ0v) is 14.3. The SMILES string of the molecule is COC(=O)c1ccc(S(=O)(=O)NCc2cnc3ccccc3c2)cc1. The number of hydrogen-bond acceptors (Lipinski definition) is 5. The zero-order valence-electron chi connectivity index (χ0n) is 13.5. The number of nitrogens with zero attached hydrogens (tertiary/aromatic N) is 1. The van der Waals surface area contributed by atoms with Gasteiger partial charge in [-0.15, -0.1) is 0 Å². The topological polar surface area (TPSA) is 85.4 Å². The molecule has 0 aliphatic heterocycles. The molecule has 25 heavy (non-hydrogen) atoms. The van der Waals surface area contributed by atoms with Crippen LogP contribution in [0.2, 0.25) is 0 Å². The van der Waals surface area contributed by atoms with Gasteiger partial charge in [0.05, 0.1) is 23.1 Å². The second-order valence-electron chi connectivity index (χ2n) is 5.38. The molecule has 0 amide bonds. The van der Waals surface area contributed by atoms with E-state index in [1.54, 1.807) is 6.20 Å². The van der Waals surface area contributed by atoms with Crippen molar-refractivity contribution < 1.29 is 17.9 Å². The maximum atomic E-state index is 12.4. The molecular weight excluding hydrogens is 340 g/mol. The number of sulfonamides is 1. The average molecular weight is 356 g/mol. The van der Waals surface area contributed by atoms with Gasteiger partial charge in [0, 0.05) is 18.1 Å². The van der Waals surface area contributed by atoms with Crippen molar-refractivity contribution in [3.63, 3.8) is 0 Å². The Morgan fingerprint density at radius 3 is 2.56 bits per heavy atom. The summed E-state index contributed by atoms with van der Waals surface area (Å²) >= 11 is 0. The molecule has 2 aromatic carbocycles. The van der Waals surface area contributed by atoms with Crippen molar-refractivity contribution in [2.75, 3.05) is 7.11 Å². The van der Waals surface area contributed by atoms with Crippen molar-refractivity contribution in [1.29, 1.82) is 0 Å². The molecule has 0 bridgehead atoms. The highest BCUT2D eigenvalue weighted by Gasteiger charge is 2.15. The average Bonchev–Trinajstić information content (AvgIpc) is 2.65. The van der Waals surface area contributed by atoms with Gasteiger partial charge >= 0.3 is 5.97 Å². The summed E-state index contributed by atoms with van der Waals surface area (Å²) in [5.41, 5.74) is 1.90. The number of carbonyl (C=O) groups excluding carboxylic acids is 1. The molecule has 128 valence electrons. The van der Waals surface area contributed by atoms with E-state index in [0.717, 1.165) is 16.5 Å². The van der Waals surface area contributed by atoms with E-state index in [1.165, 1.54) is 31.4 Å². The fourth-order valence-corrected chi connectivity index (χ4v) is 3.38.